The van der Waals surface area contributed by atoms with Crippen molar-refractivity contribution in [2.24, 2.45) is 7.05 Å². The van der Waals surface area contributed by atoms with Crippen LogP contribution in [0.5, 0.6) is 5.75 Å². The van der Waals surface area contributed by atoms with Gasteiger partial charge in [0.1, 0.15) is 5.75 Å². The van der Waals surface area contributed by atoms with E-state index in [1.165, 1.54) is 4.80 Å². The van der Waals surface area contributed by atoms with Crippen molar-refractivity contribution in [2.45, 2.75) is 6.42 Å². The first-order valence-electron chi connectivity index (χ1n) is 5.29. The van der Waals surface area contributed by atoms with Crippen LogP contribution in [0.15, 0.2) is 18.2 Å². The Bertz CT molecular complexity index is 579. The molecule has 1 aromatic carbocycles. The molecule has 0 aliphatic carbocycles. The molecule has 0 bridgehead atoms. The summed E-state index contributed by atoms with van der Waals surface area (Å²) < 4.78 is 5.02. The number of carbonyl (C=O) groups is 1. The van der Waals surface area contributed by atoms with Crippen molar-refractivity contribution >= 4 is 11.5 Å². The number of ketones is 1. The Kier molecular flexibility index (Phi) is 3.22. The predicted molar refractivity (Wildman–Crippen MR) is 64.2 cm³/mol. The highest BCUT2D eigenvalue weighted by Gasteiger charge is 2.14. The van der Waals surface area contributed by atoms with E-state index in [0.29, 0.717) is 22.8 Å². The van der Waals surface area contributed by atoms with Crippen LogP contribution in [0.4, 0.5) is 5.69 Å². The maximum absolute atomic E-state index is 12.0. The lowest BCUT2D eigenvalue weighted by Gasteiger charge is -2.05. The number of nitrogen functional groups attached to an aromatic ring is 1. The number of benzene rings is 1. The molecule has 7 nitrogen and oxygen atoms in total. The summed E-state index contributed by atoms with van der Waals surface area (Å²) in [6, 6.07) is 4.93. The molecule has 2 aromatic rings. The molecule has 1 aromatic heterocycles. The first-order chi connectivity index (χ1) is 8.60. The highest BCUT2D eigenvalue weighted by molar-refractivity contribution is 6.01. The number of ether oxygens (including phenoxy) is 1. The number of rotatable bonds is 4. The minimum atomic E-state index is -0.150. The third kappa shape index (κ3) is 2.45. The van der Waals surface area contributed by atoms with E-state index in [1.54, 1.807) is 32.4 Å². The minimum Gasteiger partial charge on any atom is -0.497 e. The predicted octanol–water partition coefficient (Wildman–Crippen LogP) is 0.226. The van der Waals surface area contributed by atoms with Crippen LogP contribution < -0.4 is 10.5 Å². The molecule has 0 aliphatic heterocycles. The molecule has 0 unspecified atom stereocenters. The molecule has 0 amide bonds. The number of nitrogens with zero attached hydrogens (tertiary/aromatic N) is 4. The smallest absolute Gasteiger partial charge is 0.182 e. The lowest BCUT2D eigenvalue weighted by Crippen LogP contribution is -2.08. The molecule has 94 valence electrons. The molecule has 0 saturated carbocycles. The first-order valence-corrected chi connectivity index (χ1v) is 5.29. The van der Waals surface area contributed by atoms with Gasteiger partial charge in [-0.2, -0.15) is 4.80 Å². The van der Waals surface area contributed by atoms with Crippen LogP contribution in [0.3, 0.4) is 0 Å². The second-order valence-electron chi connectivity index (χ2n) is 3.75. The molecular weight excluding hydrogens is 234 g/mol. The number of aryl methyl sites for hydroxylation is 1. The van der Waals surface area contributed by atoms with Crippen LogP contribution in [0.2, 0.25) is 0 Å². The number of carbonyl (C=O) groups excluding carboxylic acids is 1. The maximum atomic E-state index is 12.0. The highest BCUT2D eigenvalue weighted by atomic mass is 16.5. The number of tetrazole rings is 1. The molecule has 0 saturated heterocycles. The molecular formula is C11H13N5O2. The quantitative estimate of drug-likeness (QED) is 0.613. The second kappa shape index (κ2) is 4.82. The van der Waals surface area contributed by atoms with E-state index in [4.69, 9.17) is 10.5 Å². The van der Waals surface area contributed by atoms with Gasteiger partial charge in [0, 0.05) is 17.3 Å². The first kappa shape index (κ1) is 12.0. The van der Waals surface area contributed by atoms with Crippen molar-refractivity contribution in [3.63, 3.8) is 0 Å². The van der Waals surface area contributed by atoms with E-state index in [-0.39, 0.29) is 12.2 Å². The van der Waals surface area contributed by atoms with Crippen LogP contribution in [0.25, 0.3) is 0 Å². The Labute approximate surface area is 104 Å². The van der Waals surface area contributed by atoms with Gasteiger partial charge in [-0.05, 0) is 17.3 Å². The number of methoxy groups -OCH3 is 1. The average molecular weight is 247 g/mol. The number of nitrogens with two attached hydrogens (primary N) is 1. The second-order valence-corrected chi connectivity index (χ2v) is 3.75. The Morgan fingerprint density at radius 2 is 2.28 bits per heavy atom. The summed E-state index contributed by atoms with van der Waals surface area (Å²) in [5, 5.41) is 11.4. The Morgan fingerprint density at radius 3 is 2.83 bits per heavy atom. The molecule has 0 atom stereocenters. The van der Waals surface area contributed by atoms with Gasteiger partial charge in [0.25, 0.3) is 0 Å². The van der Waals surface area contributed by atoms with Crippen LogP contribution >= 0.6 is 0 Å². The van der Waals surface area contributed by atoms with Gasteiger partial charge in [-0.1, -0.05) is 0 Å². The SMILES string of the molecule is COc1ccc(C(=O)Cc2nnn(C)n2)c(N)c1. The molecule has 0 spiro atoms. The minimum absolute atomic E-state index is 0.0738. The Balaban J connectivity index is 2.18. The van der Waals surface area contributed by atoms with E-state index >= 15 is 0 Å². The molecule has 2 N–H and O–H groups in total. The van der Waals surface area contributed by atoms with Crippen LogP contribution in [-0.2, 0) is 13.5 Å². The zero-order valence-electron chi connectivity index (χ0n) is 10.1. The van der Waals surface area contributed by atoms with Crippen LogP contribution in [0.1, 0.15) is 16.2 Å². The fourth-order valence-corrected chi connectivity index (χ4v) is 1.55. The molecule has 0 radical (unpaired) electrons. The lowest BCUT2D eigenvalue weighted by atomic mass is 10.1. The molecule has 0 aliphatic rings. The van der Waals surface area contributed by atoms with Crippen LogP contribution in [-0.4, -0.2) is 33.1 Å². The number of Topliss-reactive ketones (excluding diaryl/α,β-unsaturated/α-hetero) is 1. The van der Waals surface area contributed by atoms with Gasteiger partial charge in [0.05, 0.1) is 20.6 Å². The average Bonchev–Trinajstić information content (AvgIpc) is 2.74. The van der Waals surface area contributed by atoms with Gasteiger partial charge in [-0.3, -0.25) is 4.79 Å². The van der Waals surface area contributed by atoms with E-state index in [2.05, 4.69) is 15.4 Å². The summed E-state index contributed by atoms with van der Waals surface area (Å²) in [6.07, 6.45) is 0.0738. The maximum Gasteiger partial charge on any atom is 0.182 e. The summed E-state index contributed by atoms with van der Waals surface area (Å²) in [5.74, 6) is 0.836. The summed E-state index contributed by atoms with van der Waals surface area (Å²) in [6.45, 7) is 0. The van der Waals surface area contributed by atoms with E-state index in [9.17, 15) is 4.79 Å². The topological polar surface area (TPSA) is 95.9 Å². The van der Waals surface area contributed by atoms with E-state index in [1.807, 2.05) is 0 Å². The van der Waals surface area contributed by atoms with Crippen molar-refractivity contribution in [2.75, 3.05) is 12.8 Å². The number of hydrogen-bond donors (Lipinski definition) is 1. The number of anilines is 1. The highest BCUT2D eigenvalue weighted by Crippen LogP contribution is 2.20. The number of hydrogen-bond acceptors (Lipinski definition) is 6. The van der Waals surface area contributed by atoms with Crippen LogP contribution in [0, 0.1) is 0 Å². The molecule has 1 heterocycles. The van der Waals surface area contributed by atoms with Gasteiger partial charge in [0.2, 0.25) is 0 Å². The van der Waals surface area contributed by atoms with E-state index < -0.39 is 0 Å². The van der Waals surface area contributed by atoms with Gasteiger partial charge in [-0.15, -0.1) is 10.2 Å². The fourth-order valence-electron chi connectivity index (χ4n) is 1.55. The van der Waals surface area contributed by atoms with Crippen molar-refractivity contribution < 1.29 is 9.53 Å². The summed E-state index contributed by atoms with van der Waals surface area (Å²) in [7, 11) is 3.18. The summed E-state index contributed by atoms with van der Waals surface area (Å²) >= 11 is 0. The third-order valence-corrected chi connectivity index (χ3v) is 2.43. The third-order valence-electron chi connectivity index (χ3n) is 2.43. The van der Waals surface area contributed by atoms with Gasteiger partial charge >= 0.3 is 0 Å². The van der Waals surface area contributed by atoms with Gasteiger partial charge < -0.3 is 10.5 Å². The zero-order chi connectivity index (χ0) is 13.1. The van der Waals surface area contributed by atoms with Crippen molar-refractivity contribution in [1.29, 1.82) is 0 Å². The summed E-state index contributed by atoms with van der Waals surface area (Å²) in [5.41, 5.74) is 6.61. The standard InChI is InChI=1S/C11H13N5O2/c1-16-14-11(13-15-16)6-10(17)8-4-3-7(18-2)5-9(8)12/h3-5H,6,12H2,1-2H3. The fraction of sp³-hybridized carbons (Fsp3) is 0.273. The molecule has 0 fully saturated rings. The van der Waals surface area contributed by atoms with Crippen molar-refractivity contribution in [1.82, 2.24) is 20.2 Å². The molecule has 7 heteroatoms. The Hall–Kier alpha value is -2.44. The van der Waals surface area contributed by atoms with E-state index in [0.717, 1.165) is 0 Å². The monoisotopic (exact) mass is 247 g/mol. The molecule has 18 heavy (non-hydrogen) atoms. The van der Waals surface area contributed by atoms with Crippen molar-refractivity contribution in [3.8, 4) is 5.75 Å². The summed E-state index contributed by atoms with van der Waals surface area (Å²) in [4.78, 5) is 13.3. The van der Waals surface area contributed by atoms with Gasteiger partial charge in [-0.25, -0.2) is 0 Å². The zero-order valence-corrected chi connectivity index (χ0v) is 10.1. The van der Waals surface area contributed by atoms with Crippen molar-refractivity contribution in [3.05, 3.63) is 29.6 Å². The lowest BCUT2D eigenvalue weighted by molar-refractivity contribution is 0.0991. The largest absolute Gasteiger partial charge is 0.497 e. The normalized spacial score (nSPS) is 10.3. The number of aromatic nitrogens is 4. The van der Waals surface area contributed by atoms with Gasteiger partial charge in [0.15, 0.2) is 11.6 Å². The molecule has 2 rings (SSSR count). The Morgan fingerprint density at radius 1 is 1.50 bits per heavy atom.